The first-order valence-corrected chi connectivity index (χ1v) is 14.0. The quantitative estimate of drug-likeness (QED) is 0.315. The number of benzene rings is 1. The summed E-state index contributed by atoms with van der Waals surface area (Å²) in [6.07, 6.45) is 2.32. The van der Waals surface area contributed by atoms with Crippen molar-refractivity contribution >= 4 is 28.5 Å². The molecule has 210 valence electrons. The summed E-state index contributed by atoms with van der Waals surface area (Å²) in [5.41, 5.74) is 0.350. The Kier molecular flexibility index (Phi) is 10.8. The Labute approximate surface area is 226 Å². The summed E-state index contributed by atoms with van der Waals surface area (Å²) in [6, 6.07) is 5.78. The number of pyridine rings is 1. The monoisotopic (exact) mass is 552 g/mol. The molecule has 38 heavy (non-hydrogen) atoms. The van der Waals surface area contributed by atoms with E-state index < -0.39 is 28.7 Å². The number of amides is 1. The van der Waals surface area contributed by atoms with Crippen LogP contribution in [0.15, 0.2) is 30.3 Å². The maximum absolute atomic E-state index is 13.6. The molecule has 2 N–H and O–H groups in total. The zero-order valence-electron chi connectivity index (χ0n) is 22.6. The fourth-order valence-electron chi connectivity index (χ4n) is 3.98. The number of aromatic nitrogens is 1. The van der Waals surface area contributed by atoms with Crippen LogP contribution in [0, 0.1) is 23.5 Å². The first kappa shape index (κ1) is 29.8. The molecule has 1 amide bonds. The first-order chi connectivity index (χ1) is 18.1. The lowest BCUT2D eigenvalue weighted by molar-refractivity contribution is 0.0912. The van der Waals surface area contributed by atoms with Gasteiger partial charge in [-0.05, 0) is 57.1 Å². The lowest BCUT2D eigenvalue weighted by atomic mass is 10.1. The molecule has 0 radical (unpaired) electrons. The Morgan fingerprint density at radius 2 is 1.89 bits per heavy atom. The molecule has 11 heteroatoms. The minimum absolute atomic E-state index is 0.0121. The van der Waals surface area contributed by atoms with Gasteiger partial charge in [0.2, 0.25) is 0 Å². The second-order valence-corrected chi connectivity index (χ2v) is 12.0. The van der Waals surface area contributed by atoms with Crippen molar-refractivity contribution in [2.24, 2.45) is 11.8 Å². The highest BCUT2D eigenvalue weighted by Crippen LogP contribution is 2.37. The van der Waals surface area contributed by atoms with Crippen molar-refractivity contribution < 1.29 is 27.3 Å². The molecule has 0 saturated heterocycles. The average Bonchev–Trinajstić information content (AvgIpc) is 3.59. The van der Waals surface area contributed by atoms with Crippen LogP contribution in [0.4, 0.5) is 20.4 Å². The van der Waals surface area contributed by atoms with Crippen molar-refractivity contribution in [3.8, 4) is 5.75 Å². The minimum atomic E-state index is -1.33. The summed E-state index contributed by atoms with van der Waals surface area (Å²) in [5, 5.41) is 6.16. The largest absolute Gasteiger partial charge is 0.491 e. The van der Waals surface area contributed by atoms with Crippen LogP contribution in [0.25, 0.3) is 0 Å². The van der Waals surface area contributed by atoms with Crippen molar-refractivity contribution in [1.82, 2.24) is 10.3 Å². The van der Waals surface area contributed by atoms with Crippen molar-refractivity contribution in [2.45, 2.75) is 51.3 Å². The molecule has 1 aromatic heterocycles. The molecule has 2 unspecified atom stereocenters. The van der Waals surface area contributed by atoms with Gasteiger partial charge in [-0.25, -0.2) is 18.0 Å². The van der Waals surface area contributed by atoms with Crippen LogP contribution >= 0.6 is 0 Å². The Bertz CT molecular complexity index is 1100. The fourth-order valence-corrected chi connectivity index (χ4v) is 4.89. The van der Waals surface area contributed by atoms with Crippen LogP contribution in [0.1, 0.15) is 50.4 Å². The van der Waals surface area contributed by atoms with Gasteiger partial charge in [0.1, 0.15) is 46.6 Å². The third-order valence-corrected chi connectivity index (χ3v) is 7.95. The fraction of sp³-hybridized carbons (Fsp3) is 0.556. The van der Waals surface area contributed by atoms with Crippen LogP contribution < -0.4 is 19.7 Å². The van der Waals surface area contributed by atoms with Gasteiger partial charge in [0.15, 0.2) is 0 Å². The zero-order valence-corrected chi connectivity index (χ0v) is 23.4. The number of ether oxygens (including phenoxy) is 2. The Morgan fingerprint density at radius 1 is 1.21 bits per heavy atom. The highest BCUT2D eigenvalue weighted by atomic mass is 32.2. The number of methoxy groups -OCH3 is 1. The number of carbonyl (C=O) groups excluding carboxylic acids is 1. The topological polar surface area (TPSA) is 92.8 Å². The van der Waals surface area contributed by atoms with Crippen molar-refractivity contribution in [3.63, 3.8) is 0 Å². The van der Waals surface area contributed by atoms with Crippen LogP contribution in [0.5, 0.6) is 5.75 Å². The SMILES string of the molecule is COCCC[C@H](COc1cc(F)cc(F)c1)NC(=O)c1cc(NCC2C[C@@H]2C)nc(N(C)S(=O)C(C)C)c1. The number of nitrogens with one attached hydrogen (secondary N) is 2. The van der Waals surface area contributed by atoms with Crippen molar-refractivity contribution in [3.05, 3.63) is 47.5 Å². The normalized spacial score (nSPS) is 18.1. The number of halogens is 2. The van der Waals surface area contributed by atoms with E-state index in [-0.39, 0.29) is 23.5 Å². The number of rotatable bonds is 15. The second-order valence-electron chi connectivity index (χ2n) is 10.00. The molecule has 4 atom stereocenters. The smallest absolute Gasteiger partial charge is 0.251 e. The number of hydrogen-bond acceptors (Lipinski definition) is 6. The number of anilines is 2. The molecular formula is C27H38F2N4O4S. The summed E-state index contributed by atoms with van der Waals surface area (Å²) in [7, 11) is 1.95. The molecule has 2 aromatic rings. The predicted octanol–water partition coefficient (Wildman–Crippen LogP) is 4.54. The Balaban J connectivity index is 1.78. The molecule has 1 aliphatic rings. The highest BCUT2D eigenvalue weighted by Gasteiger charge is 2.32. The molecule has 1 fully saturated rings. The summed E-state index contributed by atoms with van der Waals surface area (Å²) in [5.74, 6) is 0.356. The van der Waals surface area contributed by atoms with E-state index in [1.807, 2.05) is 13.8 Å². The lowest BCUT2D eigenvalue weighted by Crippen LogP contribution is -2.39. The van der Waals surface area contributed by atoms with Gasteiger partial charge in [0, 0.05) is 56.3 Å². The standard InChI is InChI=1S/C27H38F2N4O4S/c1-17(2)38(35)33(4)26-11-19(10-25(32-26)30-15-20-9-18(20)3)27(34)31-23(7-6-8-36-5)16-37-24-13-21(28)12-22(29)14-24/h10-14,17-18,20,23H,6-9,15-16H2,1-5H3,(H,30,32)(H,31,34)/t18-,20?,23+,38?/m0/s1. The molecule has 8 nitrogen and oxygen atoms in total. The molecule has 0 spiro atoms. The van der Waals surface area contributed by atoms with Crippen LogP contribution in [-0.4, -0.2) is 60.3 Å². The molecular weight excluding hydrogens is 514 g/mol. The van der Waals surface area contributed by atoms with Gasteiger partial charge in [-0.2, -0.15) is 0 Å². The van der Waals surface area contributed by atoms with E-state index in [0.29, 0.717) is 48.5 Å². The highest BCUT2D eigenvalue weighted by molar-refractivity contribution is 7.87. The molecule has 1 aromatic carbocycles. The van der Waals surface area contributed by atoms with E-state index in [1.54, 1.807) is 30.6 Å². The van der Waals surface area contributed by atoms with Crippen LogP contribution in [0.2, 0.25) is 0 Å². The summed E-state index contributed by atoms with van der Waals surface area (Å²) < 4.78 is 52.2. The molecule has 0 bridgehead atoms. The lowest BCUT2D eigenvalue weighted by Gasteiger charge is -2.22. The maximum Gasteiger partial charge on any atom is 0.251 e. The van der Waals surface area contributed by atoms with Gasteiger partial charge in [-0.15, -0.1) is 0 Å². The predicted molar refractivity (Wildman–Crippen MR) is 146 cm³/mol. The van der Waals surface area contributed by atoms with Crippen LogP contribution in [-0.2, 0) is 15.7 Å². The first-order valence-electron chi connectivity index (χ1n) is 12.9. The van der Waals surface area contributed by atoms with Gasteiger partial charge in [0.25, 0.3) is 5.91 Å². The molecule has 1 aliphatic carbocycles. The van der Waals surface area contributed by atoms with E-state index in [0.717, 1.165) is 31.2 Å². The maximum atomic E-state index is 13.6. The van der Waals surface area contributed by atoms with Crippen molar-refractivity contribution in [1.29, 1.82) is 0 Å². The Morgan fingerprint density at radius 3 is 2.50 bits per heavy atom. The van der Waals surface area contributed by atoms with E-state index in [1.165, 1.54) is 0 Å². The van der Waals surface area contributed by atoms with Crippen LogP contribution in [0.3, 0.4) is 0 Å². The van der Waals surface area contributed by atoms with E-state index >= 15 is 0 Å². The summed E-state index contributed by atoms with van der Waals surface area (Å²) in [6.45, 7) is 7.14. The number of hydrogen-bond donors (Lipinski definition) is 2. The second kappa shape index (κ2) is 13.8. The average molecular weight is 553 g/mol. The molecule has 1 saturated carbocycles. The van der Waals surface area contributed by atoms with E-state index in [9.17, 15) is 17.8 Å². The third kappa shape index (κ3) is 8.90. The van der Waals surface area contributed by atoms with E-state index in [2.05, 4.69) is 22.5 Å². The summed E-state index contributed by atoms with van der Waals surface area (Å²) in [4.78, 5) is 18.0. The molecule has 3 rings (SSSR count). The molecule has 1 heterocycles. The van der Waals surface area contributed by atoms with Gasteiger partial charge < -0.3 is 20.1 Å². The molecule has 0 aliphatic heterocycles. The van der Waals surface area contributed by atoms with Gasteiger partial charge in [-0.3, -0.25) is 9.10 Å². The third-order valence-electron chi connectivity index (χ3n) is 6.41. The summed E-state index contributed by atoms with van der Waals surface area (Å²) >= 11 is 0. The zero-order chi connectivity index (χ0) is 27.8. The van der Waals surface area contributed by atoms with Gasteiger partial charge >= 0.3 is 0 Å². The van der Waals surface area contributed by atoms with Gasteiger partial charge in [-0.1, -0.05) is 6.92 Å². The Hall–Kier alpha value is -2.79. The van der Waals surface area contributed by atoms with Crippen molar-refractivity contribution in [2.75, 3.05) is 43.5 Å². The number of nitrogens with zero attached hydrogens (tertiary/aromatic N) is 2. The minimum Gasteiger partial charge on any atom is -0.491 e. The van der Waals surface area contributed by atoms with Gasteiger partial charge in [0.05, 0.1) is 6.04 Å². The number of carbonyl (C=O) groups is 1. The van der Waals surface area contributed by atoms with E-state index in [4.69, 9.17) is 9.47 Å².